The zero-order valence-corrected chi connectivity index (χ0v) is 60.9. The number of hydrogen-bond acceptors (Lipinski definition) is 16. The number of hydrogen-bond donors (Lipinski definition) is 5. The van der Waals surface area contributed by atoms with E-state index in [4.69, 9.17) is 24.2 Å². The Morgan fingerprint density at radius 3 is 1.74 bits per heavy atom. The third kappa shape index (κ3) is 36.2. The fourth-order valence-electron chi connectivity index (χ4n) is 8.46. The number of nitrogens with one attached hydrogen (secondary N) is 1. The van der Waals surface area contributed by atoms with Gasteiger partial charge in [-0.1, -0.05) is 45.3 Å². The summed E-state index contributed by atoms with van der Waals surface area (Å²) in [5.74, 6) is -2.82. The van der Waals surface area contributed by atoms with E-state index < -0.39 is 35.8 Å². The molecule has 0 aromatic heterocycles. The number of carbonyl (C=O) groups excluding carboxylic acids is 6. The fourth-order valence-corrected chi connectivity index (χ4v) is 11.1. The van der Waals surface area contributed by atoms with Crippen LogP contribution in [0.5, 0.6) is 0 Å². The lowest BCUT2D eigenvalue weighted by atomic mass is 9.81. The van der Waals surface area contributed by atoms with Crippen LogP contribution in [0.2, 0.25) is 0 Å². The van der Waals surface area contributed by atoms with Gasteiger partial charge in [-0.3, -0.25) is 38.4 Å². The van der Waals surface area contributed by atoms with Crippen LogP contribution in [0.4, 0.5) is 26.7 Å². The number of ether oxygens (including phenoxy) is 2. The number of rotatable bonds is 23. The second-order valence-electron chi connectivity index (χ2n) is 21.5. The molecule has 2 heterocycles. The van der Waals surface area contributed by atoms with Crippen LogP contribution in [0.3, 0.4) is 0 Å². The van der Waals surface area contributed by atoms with E-state index >= 15 is 0 Å². The zero-order valence-electron chi connectivity index (χ0n) is 53.6. The van der Waals surface area contributed by atoms with Crippen molar-refractivity contribution in [1.29, 1.82) is 0 Å². The zero-order chi connectivity index (χ0) is 70.9. The van der Waals surface area contributed by atoms with Gasteiger partial charge in [0.15, 0.2) is 11.6 Å². The summed E-state index contributed by atoms with van der Waals surface area (Å²) in [5, 5.41) is 38.2. The van der Waals surface area contributed by atoms with E-state index in [0.717, 1.165) is 29.5 Å². The van der Waals surface area contributed by atoms with Crippen molar-refractivity contribution in [3.63, 3.8) is 0 Å². The van der Waals surface area contributed by atoms with Crippen molar-refractivity contribution in [3.05, 3.63) is 184 Å². The Balaban J connectivity index is 0.000000402. The predicted molar refractivity (Wildman–Crippen MR) is 376 cm³/mol. The summed E-state index contributed by atoms with van der Waals surface area (Å²) in [6.07, 6.45) is 3.28. The summed E-state index contributed by atoms with van der Waals surface area (Å²) in [4.78, 5) is 72.5. The first-order valence-electron chi connectivity index (χ1n) is 29.8. The first kappa shape index (κ1) is 85.7. The van der Waals surface area contributed by atoms with Gasteiger partial charge in [0.25, 0.3) is 5.91 Å². The summed E-state index contributed by atoms with van der Waals surface area (Å²) in [6, 6.07) is 29.2. The first-order chi connectivity index (χ1) is 45.2. The van der Waals surface area contributed by atoms with Crippen LogP contribution in [0.1, 0.15) is 122 Å². The Morgan fingerprint density at radius 2 is 1.28 bits per heavy atom. The largest absolute Gasteiger partial charge is 0.466 e. The topological polar surface area (TPSA) is 257 Å². The molecular formula is C64H86F5N6O13P7. The number of aliphatic hydroxyl groups is 4. The van der Waals surface area contributed by atoms with Crippen LogP contribution < -0.4 is 5.09 Å². The molecule has 31 heteroatoms. The molecule has 5 aromatic rings. The lowest BCUT2D eigenvalue weighted by Crippen LogP contribution is -2.46. The highest BCUT2D eigenvalue weighted by molar-refractivity contribution is 8.12. The van der Waals surface area contributed by atoms with E-state index in [-0.39, 0.29) is 106 Å². The maximum absolute atomic E-state index is 13.0. The number of esters is 1. The molecule has 6 unspecified atom stereocenters. The molecule has 0 spiro atoms. The highest BCUT2D eigenvalue weighted by Crippen LogP contribution is 2.35. The van der Waals surface area contributed by atoms with Crippen molar-refractivity contribution in [1.82, 2.24) is 19.3 Å². The first-order valence-corrected chi connectivity index (χ1v) is 36.3. The van der Waals surface area contributed by atoms with Gasteiger partial charge in [-0.25, -0.2) is 35.8 Å². The van der Waals surface area contributed by atoms with Crippen LogP contribution in [-0.2, 0) is 28.4 Å². The number of carbonyl (C=O) groups is 6. The van der Waals surface area contributed by atoms with Gasteiger partial charge in [-0.05, 0) is 193 Å². The van der Waals surface area contributed by atoms with Gasteiger partial charge in [0, 0.05) is 104 Å². The fraction of sp³-hybridized carbons (Fsp3) is 0.406. The number of nitrogens with zero attached hydrogens (tertiary/aromatic N) is 5. The summed E-state index contributed by atoms with van der Waals surface area (Å²) >= 11 is 0. The minimum atomic E-state index is -0.619. The molecule has 8 atom stereocenters. The number of aliphatic hydroxyl groups excluding tert-OH is 4. The molecule has 1 fully saturated rings. The van der Waals surface area contributed by atoms with Gasteiger partial charge >= 0.3 is 12.1 Å². The molecule has 2 aliphatic heterocycles. The molecule has 0 saturated carbocycles. The average molecular weight is 1460 g/mol. The maximum Gasteiger partial charge on any atom is 0.410 e. The van der Waals surface area contributed by atoms with Crippen molar-refractivity contribution in [2.45, 2.75) is 90.3 Å². The lowest BCUT2D eigenvalue weighted by Gasteiger charge is -2.38. The van der Waals surface area contributed by atoms with Gasteiger partial charge in [-0.15, -0.1) is 0 Å². The minimum absolute atomic E-state index is 0.0126. The summed E-state index contributed by atoms with van der Waals surface area (Å²) in [5.41, 5.74) is 3.97. The van der Waals surface area contributed by atoms with Crippen LogP contribution in [0.25, 0.3) is 5.57 Å². The van der Waals surface area contributed by atoms with Crippen molar-refractivity contribution in [2.24, 2.45) is 14.9 Å². The molecule has 95 heavy (non-hydrogen) atoms. The highest BCUT2D eigenvalue weighted by atomic mass is 32.0. The summed E-state index contributed by atoms with van der Waals surface area (Å²) < 4.78 is 89.1. The van der Waals surface area contributed by atoms with Crippen LogP contribution in [-0.4, -0.2) is 148 Å². The number of likely N-dealkylation sites (tertiary alicyclic amines) is 1. The van der Waals surface area contributed by atoms with E-state index in [1.807, 2.05) is 20.8 Å². The molecule has 520 valence electrons. The highest BCUT2D eigenvalue weighted by Gasteiger charge is 2.34. The Labute approximate surface area is 566 Å². The van der Waals surface area contributed by atoms with E-state index in [9.17, 15) is 60.9 Å². The predicted octanol–water partition coefficient (Wildman–Crippen LogP) is 13.7. The average Bonchev–Trinajstić information content (AvgIpc) is 0.846. The molecular weight excluding hydrogens is 1370 g/mol. The van der Waals surface area contributed by atoms with E-state index in [0.29, 0.717) is 85.8 Å². The number of ketones is 2. The van der Waals surface area contributed by atoms with Gasteiger partial charge in [0.2, 0.25) is 5.91 Å². The van der Waals surface area contributed by atoms with Crippen LogP contribution in [0.15, 0.2) is 136 Å². The number of halogens is 5. The van der Waals surface area contributed by atoms with E-state index in [1.54, 1.807) is 59.0 Å². The molecule has 19 nitrogen and oxygen atoms in total. The molecule has 2 aliphatic rings. The second-order valence-corrected chi connectivity index (χ2v) is 28.9. The quantitative estimate of drug-likeness (QED) is 0.0134. The molecule has 0 bridgehead atoms. The number of amides is 3. The number of Topliss-reactive ketones (excluding diaryl/α,β-unsaturated/α-hetero) is 2. The van der Waals surface area contributed by atoms with E-state index in [2.05, 4.69) is 58.0 Å². The molecule has 7 rings (SSSR count). The third-order valence-corrected chi connectivity index (χ3v) is 16.7. The Bertz CT molecular complexity index is 3180. The Hall–Kier alpha value is -5.38. The van der Waals surface area contributed by atoms with Gasteiger partial charge in [0.1, 0.15) is 58.2 Å². The Morgan fingerprint density at radius 1 is 0.768 bits per heavy atom. The number of piperidine rings is 1. The molecule has 0 radical (unpaired) electrons. The van der Waals surface area contributed by atoms with Gasteiger partial charge in [0.05, 0.1) is 19.3 Å². The summed E-state index contributed by atoms with van der Waals surface area (Å²) in [7, 11) is 9.84. The maximum atomic E-state index is 13.0. The molecule has 1 saturated heterocycles. The van der Waals surface area contributed by atoms with Crippen molar-refractivity contribution >= 4 is 103 Å². The SMILES string of the molecule is CC(C)(C)OC(=O)N1CC[C@@H](c2ccc(F)cc2)[C@H](CO)C1.CCOC(=O)CC(=O)N(CCC(=O)c1ccc(F)cc1)P=NP.CP(P)NCCC(=O)c1ccc(F)cc1.O=C1C=C(c2ccc(F)cc2)CCN1P=NP.OC(CCOP)c1ccc(F)cc1.OCCCO. The van der Waals surface area contributed by atoms with Crippen molar-refractivity contribution in [3.8, 4) is 0 Å². The Kier molecular flexibility index (Phi) is 43.6. The normalized spacial score (nSPS) is 14.9. The van der Waals surface area contributed by atoms with Gasteiger partial charge < -0.3 is 39.3 Å². The molecule has 0 aliphatic carbocycles. The standard InChI is InChI=1S/C17H24FNO3.C14H17FN2O4P2.C11H11FN2OP2.C10H14FNOP2.C9H12FO2P.C3H8O2/c1-17(2,3)22-16(21)19-9-8-15(13(10-19)11-20)12-4-6-14(18)7-5-12;1-2-21-14(20)9-13(19)17(23-16-22)8-7-12(18)10-3-5-11(15)6-4-10;12-10-3-1-8(2-4-10)9-5-6-14(17-13-16)11(15)7-9;1-15(14)12-7-6-10(13)8-2-4-9(11)5-3-8;10-8-3-1-7(2-4-8)9(11)5-6-12-13;4-2-1-3-5/h4-7,13,15,20H,8-11H2,1-3H3;3-6H,2,7-9,22H2,1H3;1-4,7H,5-6,16H2;2-5,12H,6-7,14H2,1H3;1-4,9,11H,5-6,13H2;4-5H,1-3H2/t13-,15-;;;;;/m0...../s1. The third-order valence-electron chi connectivity index (χ3n) is 13.2. The monoisotopic (exact) mass is 1460 g/mol. The molecule has 3 amide bonds. The van der Waals surface area contributed by atoms with E-state index in [1.165, 1.54) is 89.6 Å². The minimum Gasteiger partial charge on any atom is -0.466 e. The van der Waals surface area contributed by atoms with Crippen molar-refractivity contribution < 1.29 is 85.1 Å². The molecule has 5 aromatic carbocycles. The smallest absolute Gasteiger partial charge is 0.410 e. The van der Waals surface area contributed by atoms with Gasteiger partial charge in [-0.2, -0.15) is 0 Å². The lowest BCUT2D eigenvalue weighted by molar-refractivity contribution is -0.147. The van der Waals surface area contributed by atoms with Crippen molar-refractivity contribution in [2.75, 3.05) is 72.4 Å². The second kappa shape index (κ2) is 48.4. The molecule has 5 N–H and O–H groups in total. The number of benzene rings is 5. The van der Waals surface area contributed by atoms with Crippen LogP contribution >= 0.6 is 62.0 Å². The van der Waals surface area contributed by atoms with Crippen LogP contribution in [0, 0.1) is 35.0 Å². The summed E-state index contributed by atoms with van der Waals surface area (Å²) in [6.45, 7) is 12.5.